The Balaban J connectivity index is -0.0000000610. The molecule has 0 fully saturated rings. The van der Waals surface area contributed by atoms with Crippen molar-refractivity contribution in [1.29, 1.82) is 0 Å². The molecular weight excluding hydrogens is 184 g/mol. The molecule has 2 heteroatoms. The molecule has 3 N–H and O–H groups in total. The van der Waals surface area contributed by atoms with Crippen LogP contribution in [0.1, 0.15) is 67.2 Å². The van der Waals surface area contributed by atoms with Gasteiger partial charge in [-0.25, -0.2) is 0 Å². The molecule has 0 aliphatic rings. The highest BCUT2D eigenvalue weighted by molar-refractivity contribution is 4.34. The molecule has 0 aromatic rings. The van der Waals surface area contributed by atoms with Gasteiger partial charge in [0.2, 0.25) is 0 Å². The van der Waals surface area contributed by atoms with Gasteiger partial charge in [0.15, 0.2) is 0 Å². The van der Waals surface area contributed by atoms with Crippen LogP contribution in [0.5, 0.6) is 0 Å². The van der Waals surface area contributed by atoms with Gasteiger partial charge < -0.3 is 11.1 Å². The summed E-state index contributed by atoms with van der Waals surface area (Å²) in [4.78, 5) is 0. The van der Waals surface area contributed by atoms with E-state index in [1.807, 2.05) is 34.7 Å². The largest absolute Gasteiger partial charge is 0.330 e. The number of rotatable bonds is 5. The average molecular weight is 220 g/mol. The first kappa shape index (κ1) is 24.2. The molecule has 0 unspecified atom stereocenters. The molecule has 0 aliphatic heterocycles. The van der Waals surface area contributed by atoms with E-state index in [0.29, 0.717) is 0 Å². The fourth-order valence-electron chi connectivity index (χ4n) is 0.558. The summed E-state index contributed by atoms with van der Waals surface area (Å²) in [6.07, 6.45) is 4.98. The molecular formula is C13H36N2. The highest BCUT2D eigenvalue weighted by Gasteiger charge is 1.73. The molecule has 0 saturated carbocycles. The average Bonchev–Trinajstić information content (AvgIpc) is 2.33. The van der Waals surface area contributed by atoms with Crippen LogP contribution in [0, 0.1) is 0 Å². The molecule has 0 aromatic carbocycles. The Bertz CT molecular complexity index is 41.8. The van der Waals surface area contributed by atoms with Crippen molar-refractivity contribution in [1.82, 2.24) is 5.32 Å². The number of nitrogens with one attached hydrogen (secondary N) is 1. The maximum atomic E-state index is 5.14. The predicted molar refractivity (Wildman–Crippen MR) is 75.5 cm³/mol. The third kappa shape index (κ3) is 81.7. The SMILES string of the molecule is CC.CC.CCCCN.CCCCNC. The third-order valence-corrected chi connectivity index (χ3v) is 1.34. The van der Waals surface area contributed by atoms with Gasteiger partial charge >= 0.3 is 0 Å². The van der Waals surface area contributed by atoms with Crippen molar-refractivity contribution in [2.75, 3.05) is 20.1 Å². The van der Waals surface area contributed by atoms with Gasteiger partial charge in [0.05, 0.1) is 0 Å². The number of unbranched alkanes of at least 4 members (excludes halogenated alkanes) is 2. The molecule has 0 spiro atoms. The fourth-order valence-corrected chi connectivity index (χ4v) is 0.558. The van der Waals surface area contributed by atoms with Gasteiger partial charge in [-0.2, -0.15) is 0 Å². The van der Waals surface area contributed by atoms with Crippen LogP contribution in [-0.2, 0) is 0 Å². The van der Waals surface area contributed by atoms with Crippen molar-refractivity contribution in [3.63, 3.8) is 0 Å². The van der Waals surface area contributed by atoms with E-state index >= 15 is 0 Å². The van der Waals surface area contributed by atoms with E-state index in [1.54, 1.807) is 0 Å². The van der Waals surface area contributed by atoms with E-state index in [4.69, 9.17) is 5.73 Å². The molecule has 2 nitrogen and oxygen atoms in total. The van der Waals surface area contributed by atoms with Crippen LogP contribution in [0.4, 0.5) is 0 Å². The topological polar surface area (TPSA) is 38.0 Å². The van der Waals surface area contributed by atoms with Crippen LogP contribution in [0.3, 0.4) is 0 Å². The summed E-state index contributed by atoms with van der Waals surface area (Å²) in [6, 6.07) is 0. The first-order chi connectivity index (χ1) is 7.33. The quantitative estimate of drug-likeness (QED) is 0.692. The van der Waals surface area contributed by atoms with Crippen molar-refractivity contribution in [2.45, 2.75) is 67.2 Å². The van der Waals surface area contributed by atoms with Gasteiger partial charge in [0.25, 0.3) is 0 Å². The molecule has 0 rings (SSSR count). The molecule has 0 aromatic heterocycles. The van der Waals surface area contributed by atoms with Gasteiger partial charge in [-0.1, -0.05) is 54.4 Å². The second kappa shape index (κ2) is 48.5. The third-order valence-electron chi connectivity index (χ3n) is 1.34. The van der Waals surface area contributed by atoms with Gasteiger partial charge in [-0.3, -0.25) is 0 Å². The summed E-state index contributed by atoms with van der Waals surface area (Å²) in [5, 5.41) is 3.07. The van der Waals surface area contributed by atoms with E-state index in [2.05, 4.69) is 19.2 Å². The van der Waals surface area contributed by atoms with Gasteiger partial charge in [0.1, 0.15) is 0 Å². The minimum atomic E-state index is 0.844. The normalized spacial score (nSPS) is 7.20. The van der Waals surface area contributed by atoms with Crippen LogP contribution in [-0.4, -0.2) is 20.1 Å². The van der Waals surface area contributed by atoms with E-state index < -0.39 is 0 Å². The van der Waals surface area contributed by atoms with Crippen LogP contribution < -0.4 is 11.1 Å². The molecule has 98 valence electrons. The Kier molecular flexibility index (Phi) is 78.4. The summed E-state index contributed by atoms with van der Waals surface area (Å²) in [7, 11) is 1.98. The Morgan fingerprint density at radius 1 is 0.867 bits per heavy atom. The molecule has 0 amide bonds. The smallest absolute Gasteiger partial charge is 0.00520 e. The first-order valence-corrected chi connectivity index (χ1v) is 6.68. The van der Waals surface area contributed by atoms with Crippen molar-refractivity contribution < 1.29 is 0 Å². The molecule has 0 radical (unpaired) electrons. The zero-order valence-corrected chi connectivity index (χ0v) is 12.3. The van der Waals surface area contributed by atoms with Crippen molar-refractivity contribution in [3.8, 4) is 0 Å². The lowest BCUT2D eigenvalue weighted by atomic mass is 10.3. The maximum Gasteiger partial charge on any atom is -0.00520 e. The minimum Gasteiger partial charge on any atom is -0.330 e. The Labute approximate surface area is 99.0 Å². The highest BCUT2D eigenvalue weighted by atomic mass is 14.8. The summed E-state index contributed by atoms with van der Waals surface area (Å²) in [5.41, 5.74) is 5.14. The monoisotopic (exact) mass is 220 g/mol. The summed E-state index contributed by atoms with van der Waals surface area (Å²) in [6.45, 7) is 14.3. The second-order valence-corrected chi connectivity index (χ2v) is 2.60. The molecule has 0 bridgehead atoms. The second-order valence-electron chi connectivity index (χ2n) is 2.60. The van der Waals surface area contributed by atoms with Crippen LogP contribution in [0.2, 0.25) is 0 Å². The van der Waals surface area contributed by atoms with Crippen molar-refractivity contribution >= 4 is 0 Å². The lowest BCUT2D eigenvalue weighted by Crippen LogP contribution is -2.06. The van der Waals surface area contributed by atoms with Gasteiger partial charge in [0, 0.05) is 0 Å². The molecule has 0 atom stereocenters. The number of hydrogen-bond donors (Lipinski definition) is 2. The molecule has 0 saturated heterocycles. The lowest BCUT2D eigenvalue weighted by molar-refractivity contribution is 0.711. The van der Waals surface area contributed by atoms with Crippen molar-refractivity contribution in [2.24, 2.45) is 5.73 Å². The first-order valence-electron chi connectivity index (χ1n) is 6.68. The fraction of sp³-hybridized carbons (Fsp3) is 1.00. The zero-order valence-electron chi connectivity index (χ0n) is 12.3. The standard InChI is InChI=1S/C5H13N.C4H11N.2C2H6/c1-3-4-5-6-2;1-2-3-4-5;2*1-2/h6H,3-5H2,1-2H3;2-5H2,1H3;2*1-2H3. The number of nitrogens with two attached hydrogens (primary N) is 1. The summed E-state index contributed by atoms with van der Waals surface area (Å²) in [5.74, 6) is 0. The van der Waals surface area contributed by atoms with E-state index in [-0.39, 0.29) is 0 Å². The Morgan fingerprint density at radius 2 is 1.27 bits per heavy atom. The van der Waals surface area contributed by atoms with Crippen molar-refractivity contribution in [3.05, 3.63) is 0 Å². The van der Waals surface area contributed by atoms with Crippen LogP contribution >= 0.6 is 0 Å². The van der Waals surface area contributed by atoms with Gasteiger partial charge in [-0.15, -0.1) is 0 Å². The summed E-state index contributed by atoms with van der Waals surface area (Å²) < 4.78 is 0. The van der Waals surface area contributed by atoms with Gasteiger partial charge in [-0.05, 0) is 33.0 Å². The number of hydrogen-bond acceptors (Lipinski definition) is 2. The Morgan fingerprint density at radius 3 is 1.33 bits per heavy atom. The van der Waals surface area contributed by atoms with E-state index in [0.717, 1.165) is 13.1 Å². The Hall–Kier alpha value is -0.0800. The molecule has 0 heterocycles. The molecule has 15 heavy (non-hydrogen) atoms. The maximum absolute atomic E-state index is 5.14. The predicted octanol–water partition coefficient (Wildman–Crippen LogP) is 3.80. The van der Waals surface area contributed by atoms with Crippen LogP contribution in [0.25, 0.3) is 0 Å². The lowest BCUT2D eigenvalue weighted by Gasteiger charge is -1.89. The van der Waals surface area contributed by atoms with E-state index in [9.17, 15) is 0 Å². The molecule has 0 aliphatic carbocycles. The van der Waals surface area contributed by atoms with E-state index in [1.165, 1.54) is 25.7 Å². The van der Waals surface area contributed by atoms with Crippen LogP contribution in [0.15, 0.2) is 0 Å². The zero-order chi connectivity index (χ0) is 12.9. The minimum absolute atomic E-state index is 0.844. The summed E-state index contributed by atoms with van der Waals surface area (Å²) >= 11 is 0. The highest BCUT2D eigenvalue weighted by Crippen LogP contribution is 1.79.